The monoisotopic (exact) mass is 448 g/mol. The van der Waals surface area contributed by atoms with E-state index in [0.717, 1.165) is 16.8 Å². The number of ether oxygens (including phenoxy) is 1. The van der Waals surface area contributed by atoms with Crippen LogP contribution in [0.25, 0.3) is 0 Å². The van der Waals surface area contributed by atoms with Gasteiger partial charge in [-0.25, -0.2) is 4.39 Å². The average Bonchev–Trinajstić information content (AvgIpc) is 2.79. The van der Waals surface area contributed by atoms with E-state index in [2.05, 4.69) is 38.3 Å². The molecule has 6 heteroatoms. The number of para-hydroxylation sites is 1. The zero-order valence-electron chi connectivity index (χ0n) is 19.3. The Morgan fingerprint density at radius 3 is 1.94 bits per heavy atom. The lowest BCUT2D eigenvalue weighted by atomic mass is 9.92. The summed E-state index contributed by atoms with van der Waals surface area (Å²) in [5.41, 5.74) is 4.04. The first-order valence-electron chi connectivity index (χ1n) is 11.0. The van der Waals surface area contributed by atoms with Crippen LogP contribution in [0.4, 0.5) is 15.8 Å². The molecule has 0 aliphatic heterocycles. The first-order chi connectivity index (χ1) is 15.7. The summed E-state index contributed by atoms with van der Waals surface area (Å²) in [6.45, 7) is 8.21. The number of halogens is 1. The quantitative estimate of drug-likeness (QED) is 0.422. The highest BCUT2D eigenvalue weighted by molar-refractivity contribution is 6.05. The molecule has 2 N–H and O–H groups in total. The third-order valence-corrected chi connectivity index (χ3v) is 5.23. The molecule has 0 aliphatic carbocycles. The Bertz CT molecular complexity index is 1080. The molecule has 172 valence electrons. The van der Waals surface area contributed by atoms with Gasteiger partial charge in [0.15, 0.2) is 6.61 Å². The van der Waals surface area contributed by atoms with Crippen LogP contribution in [0.15, 0.2) is 66.7 Å². The molecule has 5 nitrogen and oxygen atoms in total. The van der Waals surface area contributed by atoms with Gasteiger partial charge in [-0.1, -0.05) is 45.9 Å². The maximum absolute atomic E-state index is 12.9. The molecule has 0 saturated carbocycles. The summed E-state index contributed by atoms with van der Waals surface area (Å²) in [6.07, 6.45) is 0. The number of anilines is 2. The summed E-state index contributed by atoms with van der Waals surface area (Å²) in [6, 6.07) is 18.2. The van der Waals surface area contributed by atoms with Crippen molar-refractivity contribution in [3.63, 3.8) is 0 Å². The van der Waals surface area contributed by atoms with Crippen molar-refractivity contribution in [2.75, 3.05) is 17.2 Å². The van der Waals surface area contributed by atoms with Crippen molar-refractivity contribution in [1.82, 2.24) is 0 Å². The lowest BCUT2D eigenvalue weighted by Crippen LogP contribution is -2.20. The zero-order valence-corrected chi connectivity index (χ0v) is 19.3. The van der Waals surface area contributed by atoms with Gasteiger partial charge in [0.1, 0.15) is 11.6 Å². The SMILES string of the molecule is CC(C)c1cccc(C(C)C)c1NC(=O)c1ccc(OCC(=O)Nc2ccc(F)cc2)cc1. The summed E-state index contributed by atoms with van der Waals surface area (Å²) in [7, 11) is 0. The number of nitrogens with one attached hydrogen (secondary N) is 2. The van der Waals surface area contributed by atoms with Crippen LogP contribution >= 0.6 is 0 Å². The molecule has 0 saturated heterocycles. The van der Waals surface area contributed by atoms with Crippen LogP contribution in [0.2, 0.25) is 0 Å². The van der Waals surface area contributed by atoms with Gasteiger partial charge in [-0.3, -0.25) is 9.59 Å². The van der Waals surface area contributed by atoms with Crippen LogP contribution in [-0.2, 0) is 4.79 Å². The maximum atomic E-state index is 12.9. The highest BCUT2D eigenvalue weighted by atomic mass is 19.1. The molecule has 2 amide bonds. The second-order valence-electron chi connectivity index (χ2n) is 8.44. The second kappa shape index (κ2) is 10.8. The Hall–Kier alpha value is -3.67. The molecule has 0 radical (unpaired) electrons. The number of carbonyl (C=O) groups excluding carboxylic acids is 2. The number of carbonyl (C=O) groups is 2. The van der Waals surface area contributed by atoms with Crippen LogP contribution < -0.4 is 15.4 Å². The van der Waals surface area contributed by atoms with E-state index in [0.29, 0.717) is 17.0 Å². The van der Waals surface area contributed by atoms with E-state index in [1.807, 2.05) is 18.2 Å². The normalized spacial score (nSPS) is 10.9. The van der Waals surface area contributed by atoms with E-state index < -0.39 is 0 Å². The predicted octanol–water partition coefficient (Wildman–Crippen LogP) is 6.34. The maximum Gasteiger partial charge on any atom is 0.262 e. The molecule has 33 heavy (non-hydrogen) atoms. The predicted molar refractivity (Wildman–Crippen MR) is 130 cm³/mol. The van der Waals surface area contributed by atoms with Crippen molar-refractivity contribution in [3.05, 3.63) is 89.2 Å². The van der Waals surface area contributed by atoms with Crippen LogP contribution in [0.5, 0.6) is 5.75 Å². The standard InChI is InChI=1S/C27H29FN2O3/c1-17(2)23-6-5-7-24(18(3)4)26(23)30-27(32)19-8-14-22(15-9-19)33-16-25(31)29-21-12-10-20(28)11-13-21/h5-15,17-18H,16H2,1-4H3,(H,29,31)(H,30,32). The molecule has 0 heterocycles. The van der Waals surface area contributed by atoms with Gasteiger partial charge in [-0.05, 0) is 71.5 Å². The first-order valence-corrected chi connectivity index (χ1v) is 11.0. The molecule has 0 spiro atoms. The summed E-state index contributed by atoms with van der Waals surface area (Å²) in [4.78, 5) is 25.0. The second-order valence-corrected chi connectivity index (χ2v) is 8.44. The van der Waals surface area contributed by atoms with Gasteiger partial charge in [-0.15, -0.1) is 0 Å². The third kappa shape index (κ3) is 6.42. The van der Waals surface area contributed by atoms with Gasteiger partial charge < -0.3 is 15.4 Å². The third-order valence-electron chi connectivity index (χ3n) is 5.23. The van der Waals surface area contributed by atoms with Crippen LogP contribution in [0.1, 0.15) is 61.0 Å². The van der Waals surface area contributed by atoms with Gasteiger partial charge in [0.2, 0.25) is 0 Å². The Morgan fingerprint density at radius 1 is 0.818 bits per heavy atom. The Morgan fingerprint density at radius 2 is 1.39 bits per heavy atom. The average molecular weight is 449 g/mol. The molecule has 0 bridgehead atoms. The summed E-state index contributed by atoms with van der Waals surface area (Å²) >= 11 is 0. The molecular weight excluding hydrogens is 419 g/mol. The minimum atomic E-state index is -0.374. The number of benzene rings is 3. The van der Waals surface area contributed by atoms with Crippen molar-refractivity contribution in [3.8, 4) is 5.75 Å². The number of amides is 2. The van der Waals surface area contributed by atoms with Gasteiger partial charge in [0, 0.05) is 16.9 Å². The topological polar surface area (TPSA) is 67.4 Å². The largest absolute Gasteiger partial charge is 0.484 e. The summed E-state index contributed by atoms with van der Waals surface area (Å²) in [5, 5.41) is 5.72. The Kier molecular flexibility index (Phi) is 7.83. The molecule has 0 unspecified atom stereocenters. The lowest BCUT2D eigenvalue weighted by Gasteiger charge is -2.20. The molecular formula is C27H29FN2O3. The Balaban J connectivity index is 1.63. The van der Waals surface area contributed by atoms with Crippen molar-refractivity contribution < 1.29 is 18.7 Å². The van der Waals surface area contributed by atoms with Crippen molar-refractivity contribution in [2.45, 2.75) is 39.5 Å². The molecule has 0 fully saturated rings. The minimum absolute atomic E-state index is 0.203. The summed E-state index contributed by atoms with van der Waals surface area (Å²) in [5.74, 6) is 0.0694. The fourth-order valence-corrected chi connectivity index (χ4v) is 3.46. The minimum Gasteiger partial charge on any atom is -0.484 e. The van der Waals surface area contributed by atoms with E-state index in [-0.39, 0.29) is 36.1 Å². The fourth-order valence-electron chi connectivity index (χ4n) is 3.46. The Labute approximate surface area is 194 Å². The van der Waals surface area contributed by atoms with Gasteiger partial charge >= 0.3 is 0 Å². The van der Waals surface area contributed by atoms with Crippen LogP contribution in [-0.4, -0.2) is 18.4 Å². The van der Waals surface area contributed by atoms with Crippen LogP contribution in [0, 0.1) is 5.82 Å². The van der Waals surface area contributed by atoms with Crippen molar-refractivity contribution in [1.29, 1.82) is 0 Å². The fraction of sp³-hybridized carbons (Fsp3) is 0.259. The van der Waals surface area contributed by atoms with E-state index in [1.165, 1.54) is 24.3 Å². The van der Waals surface area contributed by atoms with Gasteiger partial charge in [0.05, 0.1) is 0 Å². The zero-order chi connectivity index (χ0) is 24.0. The van der Waals surface area contributed by atoms with Crippen molar-refractivity contribution in [2.24, 2.45) is 0 Å². The van der Waals surface area contributed by atoms with Gasteiger partial charge in [0.25, 0.3) is 11.8 Å². The van der Waals surface area contributed by atoms with E-state index in [1.54, 1.807) is 24.3 Å². The molecule has 3 aromatic carbocycles. The number of hydrogen-bond donors (Lipinski definition) is 2. The molecule has 0 aromatic heterocycles. The van der Waals surface area contributed by atoms with E-state index >= 15 is 0 Å². The first kappa shape index (κ1) is 24.0. The van der Waals surface area contributed by atoms with E-state index in [9.17, 15) is 14.0 Å². The number of hydrogen-bond acceptors (Lipinski definition) is 3. The molecule has 0 aliphatic rings. The summed E-state index contributed by atoms with van der Waals surface area (Å²) < 4.78 is 18.4. The highest BCUT2D eigenvalue weighted by Gasteiger charge is 2.17. The van der Waals surface area contributed by atoms with Crippen LogP contribution in [0.3, 0.4) is 0 Å². The van der Waals surface area contributed by atoms with Crippen molar-refractivity contribution >= 4 is 23.2 Å². The smallest absolute Gasteiger partial charge is 0.262 e. The number of rotatable bonds is 8. The molecule has 0 atom stereocenters. The highest BCUT2D eigenvalue weighted by Crippen LogP contribution is 2.32. The lowest BCUT2D eigenvalue weighted by molar-refractivity contribution is -0.118. The molecule has 3 aromatic rings. The van der Waals surface area contributed by atoms with E-state index in [4.69, 9.17) is 4.74 Å². The van der Waals surface area contributed by atoms with Gasteiger partial charge in [-0.2, -0.15) is 0 Å². The molecule has 3 rings (SSSR count).